The van der Waals surface area contributed by atoms with Gasteiger partial charge in [0.15, 0.2) is 0 Å². The zero-order valence-corrected chi connectivity index (χ0v) is 12.6. The van der Waals surface area contributed by atoms with Crippen molar-refractivity contribution in [2.75, 3.05) is 23.3 Å². The van der Waals surface area contributed by atoms with Crippen LogP contribution < -0.4 is 9.64 Å². The molecule has 0 amide bonds. The molecule has 2 rings (SSSR count). The summed E-state index contributed by atoms with van der Waals surface area (Å²) in [6.45, 7) is 6.13. The first kappa shape index (κ1) is 13.6. The molecule has 0 bridgehead atoms. The number of nitrogens with zero attached hydrogens (tertiary/aromatic N) is 3. The van der Waals surface area contributed by atoms with Gasteiger partial charge >= 0.3 is 0 Å². The van der Waals surface area contributed by atoms with Crippen molar-refractivity contribution in [1.82, 2.24) is 9.97 Å². The average Bonchev–Trinajstić information content (AvgIpc) is 2.38. The van der Waals surface area contributed by atoms with E-state index in [0.717, 1.165) is 30.2 Å². The van der Waals surface area contributed by atoms with Gasteiger partial charge in [0, 0.05) is 24.5 Å². The van der Waals surface area contributed by atoms with E-state index in [-0.39, 0.29) is 6.10 Å². The number of rotatable bonds is 4. The number of hydrogen-bond donors (Lipinski definition) is 0. The third kappa shape index (κ3) is 3.57. The number of ether oxygens (including phenoxy) is 1. The lowest BCUT2D eigenvalue weighted by Crippen LogP contribution is -2.34. The molecule has 1 aromatic rings. The van der Waals surface area contributed by atoms with Crippen molar-refractivity contribution in [2.45, 2.75) is 32.8 Å². The maximum absolute atomic E-state index is 5.60. The Bertz CT molecular complexity index is 378. The molecule has 1 aliphatic heterocycles. The van der Waals surface area contributed by atoms with Crippen LogP contribution in [0.3, 0.4) is 0 Å². The monoisotopic (exact) mass is 313 g/mol. The minimum Gasteiger partial charge on any atom is -0.475 e. The van der Waals surface area contributed by atoms with Crippen LogP contribution in [0.15, 0.2) is 12.4 Å². The normalized spacial score (nSPS) is 17.2. The second kappa shape index (κ2) is 6.36. The Balaban J connectivity index is 2.00. The third-order valence-corrected chi connectivity index (χ3v) is 4.06. The lowest BCUT2D eigenvalue weighted by atomic mass is 9.99. The van der Waals surface area contributed by atoms with Gasteiger partial charge in [-0.1, -0.05) is 15.9 Å². The predicted molar refractivity (Wildman–Crippen MR) is 76.5 cm³/mol. The van der Waals surface area contributed by atoms with Crippen molar-refractivity contribution in [3.63, 3.8) is 0 Å². The van der Waals surface area contributed by atoms with Crippen molar-refractivity contribution in [1.29, 1.82) is 0 Å². The molecule has 1 fully saturated rings. The minimum atomic E-state index is 0.145. The summed E-state index contributed by atoms with van der Waals surface area (Å²) in [6, 6.07) is 1.94. The van der Waals surface area contributed by atoms with Gasteiger partial charge in [-0.15, -0.1) is 0 Å². The van der Waals surface area contributed by atoms with E-state index in [9.17, 15) is 0 Å². The molecule has 0 saturated carbocycles. The van der Waals surface area contributed by atoms with E-state index in [4.69, 9.17) is 4.74 Å². The summed E-state index contributed by atoms with van der Waals surface area (Å²) in [5.41, 5.74) is 0. The fraction of sp³-hybridized carbons (Fsp3) is 0.692. The predicted octanol–water partition coefficient (Wildman–Crippen LogP) is 2.88. The molecule has 2 heterocycles. The highest BCUT2D eigenvalue weighted by atomic mass is 79.9. The van der Waals surface area contributed by atoms with Crippen LogP contribution in [-0.4, -0.2) is 34.5 Å². The Morgan fingerprint density at radius 1 is 1.39 bits per heavy atom. The molecule has 0 unspecified atom stereocenters. The minimum absolute atomic E-state index is 0.145. The number of anilines is 1. The van der Waals surface area contributed by atoms with Gasteiger partial charge in [0.1, 0.15) is 12.1 Å². The fourth-order valence-electron chi connectivity index (χ4n) is 2.13. The SMILES string of the molecule is CC(C)Oc1cc(N2CCC(CBr)CC2)ncn1. The zero-order chi connectivity index (χ0) is 13.0. The topological polar surface area (TPSA) is 38.2 Å². The van der Waals surface area contributed by atoms with Crippen molar-refractivity contribution >= 4 is 21.7 Å². The summed E-state index contributed by atoms with van der Waals surface area (Å²) in [7, 11) is 0. The van der Waals surface area contributed by atoms with Crippen molar-refractivity contribution < 1.29 is 4.74 Å². The van der Waals surface area contributed by atoms with E-state index in [1.165, 1.54) is 12.8 Å². The molecule has 0 aliphatic carbocycles. The molecule has 1 saturated heterocycles. The van der Waals surface area contributed by atoms with Crippen LogP contribution in [0.2, 0.25) is 0 Å². The van der Waals surface area contributed by atoms with Gasteiger partial charge in [-0.25, -0.2) is 9.97 Å². The lowest BCUT2D eigenvalue weighted by Gasteiger charge is -2.32. The molecule has 100 valence electrons. The van der Waals surface area contributed by atoms with Crippen LogP contribution in [0.5, 0.6) is 5.88 Å². The molecule has 0 radical (unpaired) electrons. The Morgan fingerprint density at radius 3 is 2.72 bits per heavy atom. The van der Waals surface area contributed by atoms with Crippen LogP contribution in [-0.2, 0) is 0 Å². The largest absolute Gasteiger partial charge is 0.475 e. The molecular weight excluding hydrogens is 294 g/mol. The highest BCUT2D eigenvalue weighted by Gasteiger charge is 2.19. The lowest BCUT2D eigenvalue weighted by molar-refractivity contribution is 0.232. The second-order valence-corrected chi connectivity index (χ2v) is 5.61. The van der Waals surface area contributed by atoms with Gasteiger partial charge in [0.05, 0.1) is 6.10 Å². The fourth-order valence-corrected chi connectivity index (χ4v) is 2.77. The number of halogens is 1. The van der Waals surface area contributed by atoms with E-state index in [1.54, 1.807) is 6.33 Å². The molecule has 5 heteroatoms. The Hall–Kier alpha value is -0.840. The van der Waals surface area contributed by atoms with Gasteiger partial charge < -0.3 is 9.64 Å². The van der Waals surface area contributed by atoms with Crippen molar-refractivity contribution in [3.8, 4) is 5.88 Å². The molecule has 0 atom stereocenters. The summed E-state index contributed by atoms with van der Waals surface area (Å²) in [5.74, 6) is 2.45. The first-order valence-corrected chi connectivity index (χ1v) is 7.61. The smallest absolute Gasteiger partial charge is 0.218 e. The summed E-state index contributed by atoms with van der Waals surface area (Å²) in [4.78, 5) is 10.8. The first-order valence-electron chi connectivity index (χ1n) is 6.48. The Labute approximate surface area is 117 Å². The van der Waals surface area contributed by atoms with Crippen molar-refractivity contribution in [3.05, 3.63) is 12.4 Å². The number of aromatic nitrogens is 2. The highest BCUT2D eigenvalue weighted by Crippen LogP contribution is 2.24. The number of piperidine rings is 1. The van der Waals surface area contributed by atoms with Crippen molar-refractivity contribution in [2.24, 2.45) is 5.92 Å². The van der Waals surface area contributed by atoms with Gasteiger partial charge in [-0.3, -0.25) is 0 Å². The summed E-state index contributed by atoms with van der Waals surface area (Å²) in [6.07, 6.45) is 4.17. The van der Waals surface area contributed by atoms with Crippen LogP contribution in [0.25, 0.3) is 0 Å². The third-order valence-electron chi connectivity index (χ3n) is 3.14. The molecule has 18 heavy (non-hydrogen) atoms. The maximum atomic E-state index is 5.60. The molecular formula is C13H20BrN3O. The quantitative estimate of drug-likeness (QED) is 0.801. The highest BCUT2D eigenvalue weighted by molar-refractivity contribution is 9.09. The van der Waals surface area contributed by atoms with Gasteiger partial charge in [0.25, 0.3) is 0 Å². The molecule has 1 aliphatic rings. The van der Waals surface area contributed by atoms with Crippen LogP contribution in [0.4, 0.5) is 5.82 Å². The number of alkyl halides is 1. The number of hydrogen-bond acceptors (Lipinski definition) is 4. The summed E-state index contributed by atoms with van der Waals surface area (Å²) in [5, 5.41) is 1.10. The van der Waals surface area contributed by atoms with E-state index in [1.807, 2.05) is 19.9 Å². The molecule has 0 aromatic carbocycles. The molecule has 4 nitrogen and oxygen atoms in total. The molecule has 0 N–H and O–H groups in total. The van der Waals surface area contributed by atoms with Crippen LogP contribution >= 0.6 is 15.9 Å². The summed E-state index contributed by atoms with van der Waals surface area (Å²) >= 11 is 3.56. The van der Waals surface area contributed by atoms with Gasteiger partial charge in [-0.05, 0) is 32.6 Å². The van der Waals surface area contributed by atoms with Crippen LogP contribution in [0.1, 0.15) is 26.7 Å². The Kier molecular flexibility index (Phi) is 4.80. The van der Waals surface area contributed by atoms with E-state index >= 15 is 0 Å². The average molecular weight is 314 g/mol. The molecule has 0 spiro atoms. The van der Waals surface area contributed by atoms with E-state index in [2.05, 4.69) is 30.8 Å². The first-order chi connectivity index (χ1) is 8.69. The Morgan fingerprint density at radius 2 is 2.11 bits per heavy atom. The van der Waals surface area contributed by atoms with Gasteiger partial charge in [0.2, 0.25) is 5.88 Å². The van der Waals surface area contributed by atoms with E-state index in [0.29, 0.717) is 5.88 Å². The van der Waals surface area contributed by atoms with Gasteiger partial charge in [-0.2, -0.15) is 0 Å². The molecule has 1 aromatic heterocycles. The second-order valence-electron chi connectivity index (χ2n) is 4.97. The summed E-state index contributed by atoms with van der Waals surface area (Å²) < 4.78 is 5.60. The standard InChI is InChI=1S/C13H20BrN3O/c1-10(2)18-13-7-12(15-9-16-13)17-5-3-11(8-14)4-6-17/h7,9-11H,3-6,8H2,1-2H3. The van der Waals surface area contributed by atoms with E-state index < -0.39 is 0 Å². The maximum Gasteiger partial charge on any atom is 0.218 e. The van der Waals surface area contributed by atoms with Crippen LogP contribution in [0, 0.1) is 5.92 Å². The zero-order valence-electron chi connectivity index (χ0n) is 11.0.